The first-order valence-corrected chi connectivity index (χ1v) is 19.4. The summed E-state index contributed by atoms with van der Waals surface area (Å²) in [6, 6.07) is 27.7. The van der Waals surface area contributed by atoms with E-state index in [9.17, 15) is 39.0 Å². The van der Waals surface area contributed by atoms with Gasteiger partial charge in [0, 0.05) is 13.1 Å². The minimum absolute atomic E-state index is 0.00669. The van der Waals surface area contributed by atoms with E-state index in [1.54, 1.807) is 23.1 Å². The maximum absolute atomic E-state index is 12.9. The molecule has 8 rings (SSSR count). The number of phenolic OH excluding ortho intramolecular Hbond substituents is 1. The summed E-state index contributed by atoms with van der Waals surface area (Å²) in [7, 11) is 0. The Morgan fingerprint density at radius 3 is 1.43 bits per heavy atom. The van der Waals surface area contributed by atoms with Crippen molar-refractivity contribution in [3.05, 3.63) is 160 Å². The Labute approximate surface area is 343 Å². The SMILES string of the molecule is CC[C@@H](Nc1c(Nc2cccc(C(=O)N3CC4(COC4)C3)c2O)c(=O)c1=O)c1ccccc1.CC[C@@H](Nc1c(Nc2cccc(C(=O)O)c2O)c(=O)c1=O)c1ccccc1. The predicted octanol–water partition coefficient (Wildman–Crippen LogP) is 5.76. The lowest BCUT2D eigenvalue weighted by Gasteiger charge is -2.54. The van der Waals surface area contributed by atoms with Gasteiger partial charge >= 0.3 is 5.97 Å². The molecule has 1 spiro atoms. The quantitative estimate of drug-likeness (QED) is 0.0513. The van der Waals surface area contributed by atoms with E-state index in [4.69, 9.17) is 9.84 Å². The van der Waals surface area contributed by atoms with Crippen molar-refractivity contribution in [2.24, 2.45) is 5.41 Å². The number of nitrogens with zero attached hydrogens (tertiary/aromatic N) is 1. The fourth-order valence-electron chi connectivity index (χ4n) is 7.41. The van der Waals surface area contributed by atoms with Gasteiger partial charge < -0.3 is 46.2 Å². The highest BCUT2D eigenvalue weighted by Crippen LogP contribution is 2.40. The predicted molar refractivity (Wildman–Crippen MR) is 228 cm³/mol. The van der Waals surface area contributed by atoms with Crippen LogP contribution < -0.4 is 43.0 Å². The third kappa shape index (κ3) is 7.82. The number of rotatable bonds is 14. The Balaban J connectivity index is 0.000000186. The number of para-hydroxylation sites is 2. The first-order chi connectivity index (χ1) is 28.9. The van der Waals surface area contributed by atoms with E-state index >= 15 is 0 Å². The number of nitrogens with one attached hydrogen (secondary N) is 4. The number of phenols is 2. The van der Waals surface area contributed by atoms with Crippen molar-refractivity contribution >= 4 is 46.0 Å². The van der Waals surface area contributed by atoms with Crippen LogP contribution in [0, 0.1) is 5.41 Å². The monoisotopic (exact) mass is 813 g/mol. The van der Waals surface area contributed by atoms with Crippen LogP contribution in [0.1, 0.15) is 70.6 Å². The van der Waals surface area contributed by atoms with Gasteiger partial charge in [-0.15, -0.1) is 0 Å². The molecule has 2 fully saturated rings. The Morgan fingerprint density at radius 1 is 0.617 bits per heavy atom. The summed E-state index contributed by atoms with van der Waals surface area (Å²) < 4.78 is 5.24. The molecule has 60 heavy (non-hydrogen) atoms. The topological polar surface area (TPSA) is 224 Å². The van der Waals surface area contributed by atoms with Gasteiger partial charge in [0.05, 0.1) is 47.7 Å². The molecule has 2 aliphatic heterocycles. The zero-order chi connectivity index (χ0) is 42.7. The summed E-state index contributed by atoms with van der Waals surface area (Å²) in [6.07, 6.45) is 1.39. The van der Waals surface area contributed by atoms with E-state index < -0.39 is 33.4 Å². The molecule has 0 radical (unpaired) electrons. The summed E-state index contributed by atoms with van der Waals surface area (Å²) in [4.78, 5) is 74.3. The number of carbonyl (C=O) groups excluding carboxylic acids is 1. The molecular formula is C45H43N5O10. The normalized spacial score (nSPS) is 14.9. The van der Waals surface area contributed by atoms with Crippen LogP contribution in [-0.4, -0.2) is 58.4 Å². The summed E-state index contributed by atoms with van der Waals surface area (Å²) >= 11 is 0. The van der Waals surface area contributed by atoms with Crippen molar-refractivity contribution in [2.45, 2.75) is 38.8 Å². The number of carboxylic acids is 1. The first-order valence-electron chi connectivity index (χ1n) is 19.4. The molecule has 2 aliphatic rings. The molecular weight excluding hydrogens is 771 g/mol. The molecule has 2 atom stereocenters. The summed E-state index contributed by atoms with van der Waals surface area (Å²) in [5.74, 6) is -2.32. The molecule has 15 nitrogen and oxygen atoms in total. The smallest absolute Gasteiger partial charge is 0.339 e. The number of ether oxygens (including phenoxy) is 1. The second-order valence-corrected chi connectivity index (χ2v) is 15.0. The molecule has 0 saturated carbocycles. The molecule has 308 valence electrons. The van der Waals surface area contributed by atoms with Gasteiger partial charge in [-0.05, 0) is 48.2 Å². The van der Waals surface area contributed by atoms with Gasteiger partial charge in [0.1, 0.15) is 28.3 Å². The van der Waals surface area contributed by atoms with Gasteiger partial charge in [-0.25, -0.2) is 4.79 Å². The first kappa shape index (κ1) is 40.9. The largest absolute Gasteiger partial charge is 0.505 e. The molecule has 6 aromatic carbocycles. The average molecular weight is 814 g/mol. The van der Waals surface area contributed by atoms with E-state index in [0.717, 1.165) is 11.1 Å². The van der Waals surface area contributed by atoms with Crippen molar-refractivity contribution in [3.63, 3.8) is 0 Å². The van der Waals surface area contributed by atoms with Crippen molar-refractivity contribution in [1.29, 1.82) is 0 Å². The van der Waals surface area contributed by atoms with Gasteiger partial charge in [-0.2, -0.15) is 0 Å². The molecule has 0 unspecified atom stereocenters. The van der Waals surface area contributed by atoms with Crippen LogP contribution in [0.2, 0.25) is 0 Å². The van der Waals surface area contributed by atoms with E-state index in [1.807, 2.05) is 74.5 Å². The van der Waals surface area contributed by atoms with Crippen LogP contribution in [0.25, 0.3) is 0 Å². The van der Waals surface area contributed by atoms with Crippen molar-refractivity contribution < 1.29 is 29.6 Å². The third-order valence-corrected chi connectivity index (χ3v) is 10.9. The van der Waals surface area contributed by atoms with Crippen molar-refractivity contribution in [1.82, 2.24) is 4.90 Å². The minimum atomic E-state index is -1.30. The number of aromatic hydroxyl groups is 2. The Bertz CT molecular complexity index is 2690. The molecule has 7 N–H and O–H groups in total. The molecule has 1 amide bonds. The lowest BCUT2D eigenvalue weighted by Crippen LogP contribution is -2.67. The van der Waals surface area contributed by atoms with Crippen LogP contribution in [0.15, 0.2) is 116 Å². The molecule has 0 bridgehead atoms. The van der Waals surface area contributed by atoms with Crippen LogP contribution in [0.4, 0.5) is 34.1 Å². The molecule has 0 aromatic heterocycles. The van der Waals surface area contributed by atoms with Gasteiger partial charge in [-0.3, -0.25) is 24.0 Å². The fraction of sp³-hybridized carbons (Fsp3) is 0.244. The highest BCUT2D eigenvalue weighted by atomic mass is 16.5. The second kappa shape index (κ2) is 16.9. The average Bonchev–Trinajstić information content (AvgIpc) is 3.23. The van der Waals surface area contributed by atoms with Gasteiger partial charge in [0.2, 0.25) is 0 Å². The highest BCUT2D eigenvalue weighted by molar-refractivity contribution is 6.00. The zero-order valence-electron chi connectivity index (χ0n) is 32.8. The van der Waals surface area contributed by atoms with Crippen LogP contribution in [0.5, 0.6) is 11.5 Å². The summed E-state index contributed by atoms with van der Waals surface area (Å²) in [5.41, 5.74) is -0.118. The molecule has 2 heterocycles. The fourth-order valence-corrected chi connectivity index (χ4v) is 7.41. The van der Waals surface area contributed by atoms with Crippen molar-refractivity contribution in [3.8, 4) is 11.5 Å². The molecule has 6 aromatic rings. The zero-order valence-corrected chi connectivity index (χ0v) is 32.8. The third-order valence-electron chi connectivity index (χ3n) is 10.9. The Kier molecular flexibility index (Phi) is 11.5. The molecule has 2 saturated heterocycles. The molecule has 15 heteroatoms. The number of hydrogen-bond acceptors (Lipinski definition) is 13. The molecule has 0 aliphatic carbocycles. The standard InChI is InChI=1S/C25H25N3O5.C20H18N2O5/c1-2-17(15-7-4-3-5-8-15)26-19-20(23(31)22(19)30)27-18-10-6-9-16(21(18)29)24(32)28-11-25(12-28)13-33-14-25;1-2-13(11-7-4-3-5-8-11)21-15-16(19(25)18(15)24)22-14-10-6-9-12(17(14)23)20(26)27/h3-10,17,26-27,29H,2,11-14H2,1H3;3-10,13,21-23H,2H2,1H3,(H,26,27)/t17-;13-/m11/s1. The Morgan fingerprint density at radius 2 is 1.03 bits per heavy atom. The van der Waals surface area contributed by atoms with E-state index in [0.29, 0.717) is 39.1 Å². The number of benzene rings is 4. The van der Waals surface area contributed by atoms with Crippen LogP contribution in [0.3, 0.4) is 0 Å². The summed E-state index contributed by atoms with van der Waals surface area (Å²) in [5, 5.41) is 41.7. The van der Waals surface area contributed by atoms with E-state index in [2.05, 4.69) is 21.3 Å². The number of carboxylic acid groups (broad SMARTS) is 1. The maximum atomic E-state index is 12.9. The van der Waals surface area contributed by atoms with E-state index in [-0.39, 0.29) is 74.4 Å². The number of anilines is 6. The Hall–Kier alpha value is -7.26. The minimum Gasteiger partial charge on any atom is -0.505 e. The second-order valence-electron chi connectivity index (χ2n) is 15.0. The number of hydrogen-bond donors (Lipinski definition) is 7. The van der Waals surface area contributed by atoms with Crippen LogP contribution >= 0.6 is 0 Å². The van der Waals surface area contributed by atoms with Gasteiger partial charge in [-0.1, -0.05) is 86.6 Å². The number of aromatic carboxylic acids is 1. The van der Waals surface area contributed by atoms with Gasteiger partial charge in [0.15, 0.2) is 11.5 Å². The number of carbonyl (C=O) groups is 2. The van der Waals surface area contributed by atoms with Crippen molar-refractivity contribution in [2.75, 3.05) is 47.6 Å². The number of likely N-dealkylation sites (tertiary alicyclic amines) is 1. The number of amides is 1. The lowest BCUT2D eigenvalue weighted by atomic mass is 9.77. The van der Waals surface area contributed by atoms with E-state index in [1.165, 1.54) is 18.2 Å². The highest BCUT2D eigenvalue weighted by Gasteiger charge is 2.51. The van der Waals surface area contributed by atoms with Crippen LogP contribution in [-0.2, 0) is 4.74 Å². The maximum Gasteiger partial charge on any atom is 0.339 e. The lowest BCUT2D eigenvalue weighted by molar-refractivity contribution is -0.176. The van der Waals surface area contributed by atoms with Gasteiger partial charge in [0.25, 0.3) is 27.6 Å². The summed E-state index contributed by atoms with van der Waals surface area (Å²) in [6.45, 7) is 6.46.